The maximum absolute atomic E-state index is 12.6. The molecule has 0 spiro atoms. The largest absolute Gasteiger partial charge is 0.506 e. The zero-order chi connectivity index (χ0) is 19.7. The maximum atomic E-state index is 12.6. The monoisotopic (exact) mass is 385 g/mol. The first-order chi connectivity index (χ1) is 13.6. The highest BCUT2D eigenvalue weighted by molar-refractivity contribution is 6.05. The second-order valence-corrected chi connectivity index (χ2v) is 7.93. The third-order valence-electron chi connectivity index (χ3n) is 6.34. The lowest BCUT2D eigenvalue weighted by molar-refractivity contribution is -0.140. The van der Waals surface area contributed by atoms with Crippen LogP contribution in [0.25, 0.3) is 0 Å². The molecule has 3 aliphatic rings. The summed E-state index contributed by atoms with van der Waals surface area (Å²) in [6.07, 6.45) is 3.80. The molecular formula is C21H27N3O4. The summed E-state index contributed by atoms with van der Waals surface area (Å²) >= 11 is 0. The molecule has 1 aliphatic carbocycles. The summed E-state index contributed by atoms with van der Waals surface area (Å²) < 4.78 is 0. The van der Waals surface area contributed by atoms with E-state index < -0.39 is 0 Å². The molecule has 1 aromatic rings. The van der Waals surface area contributed by atoms with E-state index >= 15 is 0 Å². The van der Waals surface area contributed by atoms with Gasteiger partial charge in [-0.15, -0.1) is 0 Å². The summed E-state index contributed by atoms with van der Waals surface area (Å²) in [6.45, 7) is 2.63. The fourth-order valence-electron chi connectivity index (χ4n) is 4.75. The molecule has 7 nitrogen and oxygen atoms in total. The molecule has 1 N–H and O–H groups in total. The number of hydrogen-bond acceptors (Lipinski definition) is 5. The lowest BCUT2D eigenvalue weighted by Crippen LogP contribution is -2.49. The summed E-state index contributed by atoms with van der Waals surface area (Å²) in [6, 6.07) is 7.20. The van der Waals surface area contributed by atoms with Gasteiger partial charge in [0.15, 0.2) is 0 Å². The predicted octanol–water partition coefficient (Wildman–Crippen LogP) is 1.61. The Balaban J connectivity index is 1.29. The van der Waals surface area contributed by atoms with Crippen molar-refractivity contribution in [3.63, 3.8) is 0 Å². The van der Waals surface area contributed by atoms with Gasteiger partial charge in [-0.3, -0.25) is 19.3 Å². The van der Waals surface area contributed by atoms with Crippen LogP contribution in [0, 0.1) is 11.8 Å². The number of fused-ring (bicyclic) bond motifs is 1. The maximum Gasteiger partial charge on any atom is 0.233 e. The molecule has 2 heterocycles. The van der Waals surface area contributed by atoms with Crippen LogP contribution in [-0.2, 0) is 14.4 Å². The molecule has 28 heavy (non-hydrogen) atoms. The van der Waals surface area contributed by atoms with E-state index in [1.807, 2.05) is 12.1 Å². The van der Waals surface area contributed by atoms with Crippen molar-refractivity contribution in [1.82, 2.24) is 9.80 Å². The van der Waals surface area contributed by atoms with Crippen LogP contribution in [-0.4, -0.2) is 65.4 Å². The zero-order valence-corrected chi connectivity index (χ0v) is 16.0. The van der Waals surface area contributed by atoms with Crippen molar-refractivity contribution < 1.29 is 19.5 Å². The van der Waals surface area contributed by atoms with Crippen molar-refractivity contribution in [2.45, 2.75) is 32.1 Å². The summed E-state index contributed by atoms with van der Waals surface area (Å²) in [5, 5.41) is 9.99. The second kappa shape index (κ2) is 7.81. The standard InChI is InChI=1S/C21H27N3O4/c25-18-8-4-3-7-17(18)22-11-13-23(14-12-22)19(26)9-10-24-20(27)15-5-1-2-6-16(15)21(24)28/h3-4,7-8,15-16,25H,1-2,5-6,9-14H2/t15-,16-/m0/s1. The number of nitrogens with zero attached hydrogens (tertiary/aromatic N) is 3. The molecule has 3 fully saturated rings. The van der Waals surface area contributed by atoms with E-state index in [9.17, 15) is 19.5 Å². The number of piperazine rings is 1. The molecule has 0 radical (unpaired) electrons. The van der Waals surface area contributed by atoms with E-state index in [0.717, 1.165) is 31.4 Å². The van der Waals surface area contributed by atoms with Crippen LogP contribution in [0.1, 0.15) is 32.1 Å². The van der Waals surface area contributed by atoms with Gasteiger partial charge in [0.05, 0.1) is 17.5 Å². The minimum atomic E-state index is -0.154. The Kier molecular flexibility index (Phi) is 5.24. The Morgan fingerprint density at radius 2 is 1.57 bits per heavy atom. The fourth-order valence-corrected chi connectivity index (χ4v) is 4.75. The Hall–Kier alpha value is -2.57. The van der Waals surface area contributed by atoms with Crippen molar-refractivity contribution in [3.05, 3.63) is 24.3 Å². The molecule has 0 unspecified atom stereocenters. The van der Waals surface area contributed by atoms with E-state index in [4.69, 9.17) is 0 Å². The number of likely N-dealkylation sites (tertiary alicyclic amines) is 1. The van der Waals surface area contributed by atoms with Gasteiger partial charge in [0, 0.05) is 39.1 Å². The number of anilines is 1. The van der Waals surface area contributed by atoms with Gasteiger partial charge in [-0.2, -0.15) is 0 Å². The van der Waals surface area contributed by atoms with Crippen LogP contribution >= 0.6 is 0 Å². The molecule has 150 valence electrons. The van der Waals surface area contributed by atoms with E-state index in [1.165, 1.54) is 4.90 Å². The van der Waals surface area contributed by atoms with Gasteiger partial charge in [-0.25, -0.2) is 0 Å². The summed E-state index contributed by atoms with van der Waals surface area (Å²) in [5.74, 6) is -0.238. The van der Waals surface area contributed by atoms with Crippen LogP contribution in [0.4, 0.5) is 5.69 Å². The van der Waals surface area contributed by atoms with Crippen LogP contribution in [0.5, 0.6) is 5.75 Å². The molecule has 1 saturated carbocycles. The van der Waals surface area contributed by atoms with Gasteiger partial charge in [0.1, 0.15) is 5.75 Å². The second-order valence-electron chi connectivity index (χ2n) is 7.93. The topological polar surface area (TPSA) is 81.2 Å². The number of imide groups is 1. The minimum absolute atomic E-state index is 0.0209. The van der Waals surface area contributed by atoms with Crippen LogP contribution in [0.2, 0.25) is 0 Å². The number of rotatable bonds is 4. The van der Waals surface area contributed by atoms with Gasteiger partial charge in [-0.05, 0) is 25.0 Å². The molecule has 7 heteroatoms. The third kappa shape index (κ3) is 3.45. The lowest BCUT2D eigenvalue weighted by Gasteiger charge is -2.36. The molecule has 0 aromatic heterocycles. The average Bonchev–Trinajstić information content (AvgIpc) is 2.97. The molecular weight excluding hydrogens is 358 g/mol. The average molecular weight is 385 g/mol. The fraction of sp³-hybridized carbons (Fsp3) is 0.571. The SMILES string of the molecule is O=C(CCN1C(=O)[C@H]2CCCC[C@@H]2C1=O)N1CCN(c2ccccc2O)CC1. The Bertz CT molecular complexity index is 749. The Morgan fingerprint density at radius 1 is 0.964 bits per heavy atom. The highest BCUT2D eigenvalue weighted by Gasteiger charge is 2.47. The predicted molar refractivity (Wildman–Crippen MR) is 104 cm³/mol. The number of benzene rings is 1. The summed E-state index contributed by atoms with van der Waals surface area (Å²) in [7, 11) is 0. The van der Waals surface area contributed by atoms with Crippen molar-refractivity contribution in [3.8, 4) is 5.75 Å². The van der Waals surface area contributed by atoms with Gasteiger partial charge >= 0.3 is 0 Å². The molecule has 2 saturated heterocycles. The number of hydrogen-bond donors (Lipinski definition) is 1. The van der Waals surface area contributed by atoms with Crippen molar-refractivity contribution in [2.24, 2.45) is 11.8 Å². The highest BCUT2D eigenvalue weighted by atomic mass is 16.3. The van der Waals surface area contributed by atoms with E-state index in [2.05, 4.69) is 4.90 Å². The van der Waals surface area contributed by atoms with Gasteiger partial charge in [0.2, 0.25) is 17.7 Å². The minimum Gasteiger partial charge on any atom is -0.506 e. The smallest absolute Gasteiger partial charge is 0.233 e. The summed E-state index contributed by atoms with van der Waals surface area (Å²) in [5.41, 5.74) is 0.783. The first-order valence-corrected chi connectivity index (χ1v) is 10.2. The number of carbonyl (C=O) groups excluding carboxylic acids is 3. The Labute approximate surface area is 164 Å². The number of carbonyl (C=O) groups is 3. The number of aromatic hydroxyl groups is 1. The third-order valence-corrected chi connectivity index (χ3v) is 6.34. The molecule has 0 bridgehead atoms. The van der Waals surface area contributed by atoms with Gasteiger partial charge < -0.3 is 14.9 Å². The van der Waals surface area contributed by atoms with E-state index in [0.29, 0.717) is 26.2 Å². The van der Waals surface area contributed by atoms with Crippen LogP contribution < -0.4 is 4.90 Å². The molecule has 2 aliphatic heterocycles. The Morgan fingerprint density at radius 3 is 2.18 bits per heavy atom. The number of phenolic OH excluding ortho intramolecular Hbond substituents is 1. The van der Waals surface area contributed by atoms with Crippen molar-refractivity contribution >= 4 is 23.4 Å². The lowest BCUT2D eigenvalue weighted by atomic mass is 9.81. The number of para-hydroxylation sites is 2. The van der Waals surface area contributed by atoms with Crippen LogP contribution in [0.15, 0.2) is 24.3 Å². The van der Waals surface area contributed by atoms with Crippen molar-refractivity contribution in [2.75, 3.05) is 37.6 Å². The molecule has 4 rings (SSSR count). The number of phenols is 1. The first kappa shape index (κ1) is 18.8. The molecule has 1 aromatic carbocycles. The molecule has 2 atom stereocenters. The molecule has 3 amide bonds. The first-order valence-electron chi connectivity index (χ1n) is 10.2. The quantitative estimate of drug-likeness (QED) is 0.797. The summed E-state index contributed by atoms with van der Waals surface area (Å²) in [4.78, 5) is 42.8. The zero-order valence-electron chi connectivity index (χ0n) is 16.0. The van der Waals surface area contributed by atoms with Crippen molar-refractivity contribution in [1.29, 1.82) is 0 Å². The van der Waals surface area contributed by atoms with E-state index in [-0.39, 0.29) is 48.3 Å². The van der Waals surface area contributed by atoms with Gasteiger partial charge in [-0.1, -0.05) is 25.0 Å². The van der Waals surface area contributed by atoms with E-state index in [1.54, 1.807) is 17.0 Å². The van der Waals surface area contributed by atoms with Gasteiger partial charge in [0.25, 0.3) is 0 Å². The number of amides is 3. The van der Waals surface area contributed by atoms with Crippen LogP contribution in [0.3, 0.4) is 0 Å². The highest BCUT2D eigenvalue weighted by Crippen LogP contribution is 2.38. The normalized spacial score (nSPS) is 25.2.